The minimum absolute atomic E-state index is 0.777. The third kappa shape index (κ3) is 2.84. The highest BCUT2D eigenvalue weighted by atomic mass is 16.5. The molecule has 1 heterocycles. The third-order valence-corrected chi connectivity index (χ3v) is 2.83. The Labute approximate surface area is 102 Å². The smallest absolute Gasteiger partial charge is 0.160 e. The minimum atomic E-state index is 0.777. The number of rotatable bonds is 5. The highest BCUT2D eigenvalue weighted by Gasteiger charge is 2.07. The van der Waals surface area contributed by atoms with Crippen molar-refractivity contribution in [3.63, 3.8) is 0 Å². The summed E-state index contributed by atoms with van der Waals surface area (Å²) in [5.41, 5.74) is 1.25. The Morgan fingerprint density at radius 3 is 2.71 bits per heavy atom. The van der Waals surface area contributed by atoms with Gasteiger partial charge in [0.15, 0.2) is 11.5 Å². The highest BCUT2D eigenvalue weighted by molar-refractivity contribution is 5.42. The minimum Gasteiger partial charge on any atom is -0.493 e. The molecule has 1 aromatic rings. The topological polar surface area (TPSA) is 33.7 Å². The Morgan fingerprint density at radius 2 is 2.06 bits per heavy atom. The van der Waals surface area contributed by atoms with E-state index in [-0.39, 0.29) is 0 Å². The summed E-state index contributed by atoms with van der Waals surface area (Å²) in [5.74, 6) is 1.57. The molecule has 1 aromatic carbocycles. The Bertz CT molecular complexity index is 404. The standard InChI is InChI=1S/C13H18N2O2/c1-16-12-4-3-11(9-13(12)17-2)5-7-15-8-6-14-10-15/h3-4,6,8-9,14H,5,7,10H2,1-2H3. The summed E-state index contributed by atoms with van der Waals surface area (Å²) in [6.07, 6.45) is 5.03. The molecule has 92 valence electrons. The Kier molecular flexibility index (Phi) is 3.75. The van der Waals surface area contributed by atoms with Crippen LogP contribution in [0, 0.1) is 0 Å². The average Bonchev–Trinajstić information content (AvgIpc) is 2.89. The summed E-state index contributed by atoms with van der Waals surface area (Å²) in [7, 11) is 3.31. The largest absolute Gasteiger partial charge is 0.493 e. The molecule has 4 nitrogen and oxygen atoms in total. The van der Waals surface area contributed by atoms with E-state index in [1.807, 2.05) is 18.3 Å². The van der Waals surface area contributed by atoms with Crippen molar-refractivity contribution >= 4 is 0 Å². The van der Waals surface area contributed by atoms with Crippen molar-refractivity contribution < 1.29 is 9.47 Å². The molecule has 0 radical (unpaired) electrons. The van der Waals surface area contributed by atoms with Crippen molar-refractivity contribution in [2.75, 3.05) is 27.4 Å². The fraction of sp³-hybridized carbons (Fsp3) is 0.385. The molecule has 0 aromatic heterocycles. The van der Waals surface area contributed by atoms with Gasteiger partial charge in [-0.05, 0) is 24.1 Å². The van der Waals surface area contributed by atoms with Crippen LogP contribution in [0.2, 0.25) is 0 Å². The number of methoxy groups -OCH3 is 2. The van der Waals surface area contributed by atoms with Gasteiger partial charge in [0, 0.05) is 18.9 Å². The first kappa shape index (κ1) is 11.6. The molecule has 0 amide bonds. The van der Waals surface area contributed by atoms with Gasteiger partial charge < -0.3 is 19.7 Å². The number of ether oxygens (including phenoxy) is 2. The molecule has 1 aliphatic rings. The lowest BCUT2D eigenvalue weighted by molar-refractivity contribution is 0.354. The number of nitrogens with one attached hydrogen (secondary N) is 1. The lowest BCUT2D eigenvalue weighted by Crippen LogP contribution is -2.22. The first-order chi connectivity index (χ1) is 8.33. The quantitative estimate of drug-likeness (QED) is 0.838. The maximum Gasteiger partial charge on any atom is 0.160 e. The predicted octanol–water partition coefficient (Wildman–Crippen LogP) is 1.58. The number of hydrogen-bond donors (Lipinski definition) is 1. The molecule has 0 aliphatic carbocycles. The molecular formula is C13H18N2O2. The fourth-order valence-electron chi connectivity index (χ4n) is 1.84. The Balaban J connectivity index is 1.98. The van der Waals surface area contributed by atoms with Crippen molar-refractivity contribution in [3.8, 4) is 11.5 Å². The molecule has 17 heavy (non-hydrogen) atoms. The maximum atomic E-state index is 5.28. The van der Waals surface area contributed by atoms with Gasteiger partial charge in [-0.15, -0.1) is 0 Å². The van der Waals surface area contributed by atoms with Gasteiger partial charge in [-0.2, -0.15) is 0 Å². The van der Waals surface area contributed by atoms with Crippen LogP contribution in [0.3, 0.4) is 0 Å². The van der Waals surface area contributed by atoms with Crippen LogP contribution < -0.4 is 14.8 Å². The summed E-state index contributed by atoms with van der Waals surface area (Å²) >= 11 is 0. The molecule has 0 atom stereocenters. The van der Waals surface area contributed by atoms with Crippen molar-refractivity contribution in [2.45, 2.75) is 6.42 Å². The van der Waals surface area contributed by atoms with Gasteiger partial charge in [0.05, 0.1) is 20.9 Å². The van der Waals surface area contributed by atoms with Crippen molar-refractivity contribution in [1.82, 2.24) is 10.2 Å². The Morgan fingerprint density at radius 1 is 1.24 bits per heavy atom. The van der Waals surface area contributed by atoms with Crippen LogP contribution in [0.15, 0.2) is 30.6 Å². The molecule has 0 fully saturated rings. The van der Waals surface area contributed by atoms with Crippen molar-refractivity contribution in [2.24, 2.45) is 0 Å². The molecule has 0 saturated carbocycles. The van der Waals surface area contributed by atoms with Crippen LogP contribution in [0.5, 0.6) is 11.5 Å². The summed E-state index contributed by atoms with van der Waals surface area (Å²) < 4.78 is 10.5. The first-order valence-corrected chi connectivity index (χ1v) is 5.68. The molecule has 0 bridgehead atoms. The van der Waals surface area contributed by atoms with Gasteiger partial charge in [-0.1, -0.05) is 6.07 Å². The summed E-state index contributed by atoms with van der Waals surface area (Å²) in [6.45, 7) is 1.90. The first-order valence-electron chi connectivity index (χ1n) is 5.68. The molecule has 0 spiro atoms. The predicted molar refractivity (Wildman–Crippen MR) is 67.1 cm³/mol. The van der Waals surface area contributed by atoms with Crippen LogP contribution in [0.4, 0.5) is 0 Å². The second kappa shape index (κ2) is 5.48. The zero-order valence-electron chi connectivity index (χ0n) is 10.3. The van der Waals surface area contributed by atoms with Crippen LogP contribution in [0.1, 0.15) is 5.56 Å². The molecule has 1 aliphatic heterocycles. The molecule has 2 rings (SSSR count). The average molecular weight is 234 g/mol. The Hall–Kier alpha value is -1.84. The summed E-state index contributed by atoms with van der Waals surface area (Å²) in [6, 6.07) is 6.06. The third-order valence-electron chi connectivity index (χ3n) is 2.83. The SMILES string of the molecule is COc1ccc(CCN2C=CNC2)cc1OC. The van der Waals surface area contributed by atoms with E-state index in [1.165, 1.54) is 5.56 Å². The van der Waals surface area contributed by atoms with Crippen molar-refractivity contribution in [3.05, 3.63) is 36.2 Å². The van der Waals surface area contributed by atoms with E-state index in [9.17, 15) is 0 Å². The van der Waals surface area contributed by atoms with E-state index in [2.05, 4.69) is 22.5 Å². The van der Waals surface area contributed by atoms with E-state index < -0.39 is 0 Å². The van der Waals surface area contributed by atoms with E-state index in [1.54, 1.807) is 14.2 Å². The van der Waals surface area contributed by atoms with E-state index in [0.717, 1.165) is 31.1 Å². The zero-order chi connectivity index (χ0) is 12.1. The van der Waals surface area contributed by atoms with Gasteiger partial charge in [-0.3, -0.25) is 0 Å². The van der Waals surface area contributed by atoms with Crippen LogP contribution in [-0.2, 0) is 6.42 Å². The lowest BCUT2D eigenvalue weighted by Gasteiger charge is -2.15. The fourth-order valence-corrected chi connectivity index (χ4v) is 1.84. The highest BCUT2D eigenvalue weighted by Crippen LogP contribution is 2.27. The summed E-state index contributed by atoms with van der Waals surface area (Å²) in [4.78, 5) is 2.23. The normalized spacial score (nSPS) is 13.6. The summed E-state index contributed by atoms with van der Waals surface area (Å²) in [5, 5.41) is 3.15. The van der Waals surface area contributed by atoms with E-state index >= 15 is 0 Å². The molecular weight excluding hydrogens is 216 g/mol. The van der Waals surface area contributed by atoms with E-state index in [0.29, 0.717) is 0 Å². The van der Waals surface area contributed by atoms with Crippen LogP contribution >= 0.6 is 0 Å². The number of nitrogens with zero attached hydrogens (tertiary/aromatic N) is 1. The molecule has 4 heteroatoms. The number of hydrogen-bond acceptors (Lipinski definition) is 4. The van der Waals surface area contributed by atoms with Crippen molar-refractivity contribution in [1.29, 1.82) is 0 Å². The number of benzene rings is 1. The second-order valence-electron chi connectivity index (χ2n) is 3.93. The molecule has 0 unspecified atom stereocenters. The monoisotopic (exact) mass is 234 g/mol. The second-order valence-corrected chi connectivity index (χ2v) is 3.93. The van der Waals surface area contributed by atoms with Gasteiger partial charge >= 0.3 is 0 Å². The van der Waals surface area contributed by atoms with Gasteiger partial charge in [0.1, 0.15) is 0 Å². The van der Waals surface area contributed by atoms with Gasteiger partial charge in [0.25, 0.3) is 0 Å². The van der Waals surface area contributed by atoms with Crippen LogP contribution in [0.25, 0.3) is 0 Å². The van der Waals surface area contributed by atoms with Crippen LogP contribution in [-0.4, -0.2) is 32.3 Å². The van der Waals surface area contributed by atoms with E-state index in [4.69, 9.17) is 9.47 Å². The zero-order valence-corrected chi connectivity index (χ0v) is 10.3. The maximum absolute atomic E-state index is 5.28. The van der Waals surface area contributed by atoms with Gasteiger partial charge in [0.2, 0.25) is 0 Å². The molecule has 1 N–H and O–H groups in total. The lowest BCUT2D eigenvalue weighted by atomic mass is 10.1. The molecule has 0 saturated heterocycles. The van der Waals surface area contributed by atoms with Gasteiger partial charge in [-0.25, -0.2) is 0 Å².